The van der Waals surface area contributed by atoms with E-state index >= 15 is 0 Å². The van der Waals surface area contributed by atoms with Gasteiger partial charge in [0.05, 0.1) is 0 Å². The summed E-state index contributed by atoms with van der Waals surface area (Å²) in [5.41, 5.74) is -1.51. The van der Waals surface area contributed by atoms with Crippen LogP contribution in [0, 0.1) is 11.6 Å². The zero-order chi connectivity index (χ0) is 22.4. The average Bonchev–Trinajstić information content (AvgIpc) is 2.85. The highest BCUT2D eigenvalue weighted by Gasteiger charge is 2.39. The standard InChI is InChI=1S/C21H22F2N4O4.FH/c1-11-3-4-12(2)27-10-25(11)21(31)17-19(29)18(28)15(9-26(17)27)20(30)24-8-13-5-6-14(22)7-16(13)23;/h5-7,9,11-12,29H,3-4,8,10H2,1-2H3,(H,24,30);1H/t11-,12+;/m0./s1. The quantitative estimate of drug-likeness (QED) is 0.741. The molecule has 1 aromatic heterocycles. The molecule has 2 aliphatic heterocycles. The van der Waals surface area contributed by atoms with Crippen LogP contribution in [-0.4, -0.2) is 45.2 Å². The van der Waals surface area contributed by atoms with Crippen molar-refractivity contribution in [3.63, 3.8) is 0 Å². The van der Waals surface area contributed by atoms with Crippen molar-refractivity contribution in [3.8, 4) is 5.75 Å². The topological polar surface area (TPSA) is 94.9 Å². The van der Waals surface area contributed by atoms with E-state index in [9.17, 15) is 28.3 Å². The Kier molecular flexibility index (Phi) is 6.20. The van der Waals surface area contributed by atoms with Crippen molar-refractivity contribution < 1.29 is 28.2 Å². The fourth-order valence-corrected chi connectivity index (χ4v) is 3.99. The fraction of sp³-hybridized carbons (Fsp3) is 0.381. The maximum atomic E-state index is 13.8. The van der Waals surface area contributed by atoms with Crippen LogP contribution in [0.2, 0.25) is 0 Å². The molecule has 0 aliphatic carbocycles. The summed E-state index contributed by atoms with van der Waals surface area (Å²) in [4.78, 5) is 39.9. The molecule has 2 aromatic rings. The molecule has 0 unspecified atom stereocenters. The van der Waals surface area contributed by atoms with Crippen LogP contribution >= 0.6 is 0 Å². The normalized spacial score (nSPS) is 19.7. The fourth-order valence-electron chi connectivity index (χ4n) is 3.99. The van der Waals surface area contributed by atoms with Crippen LogP contribution in [0.3, 0.4) is 0 Å². The first kappa shape index (κ1) is 23.2. The van der Waals surface area contributed by atoms with E-state index < -0.39 is 34.6 Å². The van der Waals surface area contributed by atoms with E-state index in [0.29, 0.717) is 6.07 Å². The molecular weight excluding hydrogens is 429 g/mol. The van der Waals surface area contributed by atoms with Crippen molar-refractivity contribution in [2.24, 2.45) is 0 Å². The van der Waals surface area contributed by atoms with E-state index in [1.165, 1.54) is 16.9 Å². The summed E-state index contributed by atoms with van der Waals surface area (Å²) < 4.78 is 28.2. The maximum absolute atomic E-state index is 13.8. The Morgan fingerprint density at radius 3 is 2.56 bits per heavy atom. The van der Waals surface area contributed by atoms with Gasteiger partial charge in [-0.25, -0.2) is 8.78 Å². The van der Waals surface area contributed by atoms with Crippen molar-refractivity contribution in [1.29, 1.82) is 0 Å². The number of aromatic hydroxyl groups is 1. The molecule has 0 saturated carbocycles. The molecule has 2 bridgehead atoms. The van der Waals surface area contributed by atoms with Gasteiger partial charge in [-0.05, 0) is 32.8 Å². The first-order chi connectivity index (χ1) is 14.7. The van der Waals surface area contributed by atoms with Crippen LogP contribution in [-0.2, 0) is 6.54 Å². The zero-order valence-corrected chi connectivity index (χ0v) is 17.5. The molecule has 11 heteroatoms. The third kappa shape index (κ3) is 3.78. The first-order valence-corrected chi connectivity index (χ1v) is 9.97. The van der Waals surface area contributed by atoms with Gasteiger partial charge in [0, 0.05) is 36.5 Å². The number of nitrogens with one attached hydrogen (secondary N) is 1. The molecule has 1 aromatic carbocycles. The molecule has 4 rings (SSSR count). The smallest absolute Gasteiger partial charge is 0.278 e. The Morgan fingerprint density at radius 1 is 1.19 bits per heavy atom. The van der Waals surface area contributed by atoms with Crippen LogP contribution in [0.5, 0.6) is 5.75 Å². The van der Waals surface area contributed by atoms with E-state index in [-0.39, 0.29) is 46.8 Å². The molecule has 0 radical (unpaired) electrons. The Bertz CT molecular complexity index is 1140. The van der Waals surface area contributed by atoms with Crippen LogP contribution in [0.15, 0.2) is 29.2 Å². The lowest BCUT2D eigenvalue weighted by molar-refractivity contribution is 0.0627. The molecule has 3 heterocycles. The molecule has 2 N–H and O–H groups in total. The van der Waals surface area contributed by atoms with Gasteiger partial charge < -0.3 is 15.3 Å². The predicted molar refractivity (Wildman–Crippen MR) is 110 cm³/mol. The summed E-state index contributed by atoms with van der Waals surface area (Å²) in [7, 11) is 0. The number of aromatic nitrogens is 1. The number of hydrogen-bond acceptors (Lipinski definition) is 5. The molecule has 8 nitrogen and oxygen atoms in total. The largest absolute Gasteiger partial charge is 0.502 e. The van der Waals surface area contributed by atoms with Crippen molar-refractivity contribution in [3.05, 3.63) is 63.1 Å². The summed E-state index contributed by atoms with van der Waals surface area (Å²) in [6, 6.07) is 2.88. The predicted octanol–water partition coefficient (Wildman–Crippen LogP) is 1.84. The number of carbonyl (C=O) groups excluding carboxylic acids is 2. The van der Waals surface area contributed by atoms with Gasteiger partial charge >= 0.3 is 0 Å². The van der Waals surface area contributed by atoms with Crippen LogP contribution in [0.1, 0.15) is 53.1 Å². The van der Waals surface area contributed by atoms with E-state index in [0.717, 1.165) is 18.9 Å². The molecule has 32 heavy (non-hydrogen) atoms. The Morgan fingerprint density at radius 2 is 1.88 bits per heavy atom. The Labute approximate surface area is 181 Å². The highest BCUT2D eigenvalue weighted by Crippen LogP contribution is 2.28. The number of benzene rings is 1. The second-order valence-electron chi connectivity index (χ2n) is 7.96. The minimum absolute atomic E-state index is 0. The van der Waals surface area contributed by atoms with Gasteiger partial charge in [-0.3, -0.25) is 28.8 Å². The number of rotatable bonds is 3. The number of amides is 2. The number of hydrogen-bond donors (Lipinski definition) is 2. The summed E-state index contributed by atoms with van der Waals surface area (Å²) in [6.45, 7) is 3.85. The molecule has 172 valence electrons. The first-order valence-electron chi connectivity index (χ1n) is 9.97. The molecule has 2 aliphatic rings. The third-order valence-electron chi connectivity index (χ3n) is 5.94. The third-order valence-corrected chi connectivity index (χ3v) is 5.94. The second kappa shape index (κ2) is 8.56. The highest BCUT2D eigenvalue weighted by atomic mass is 19.1. The van der Waals surface area contributed by atoms with Crippen molar-refractivity contribution >= 4 is 11.8 Å². The number of nitrogens with zero attached hydrogens (tertiary/aromatic N) is 3. The summed E-state index contributed by atoms with van der Waals surface area (Å²) in [5.74, 6) is -3.70. The van der Waals surface area contributed by atoms with Gasteiger partial charge in [-0.1, -0.05) is 6.07 Å². The number of pyridine rings is 1. The summed E-state index contributed by atoms with van der Waals surface area (Å²) in [5, 5.41) is 14.8. The van der Waals surface area contributed by atoms with Gasteiger partial charge in [-0.15, -0.1) is 0 Å². The average molecular weight is 452 g/mol. The molecule has 0 spiro atoms. The van der Waals surface area contributed by atoms with Crippen LogP contribution < -0.4 is 15.8 Å². The SMILES string of the molecule is C[C@@H]1CC[C@H](C)N2CN1n1cc(C(=O)NCc3ccc(F)cc3F)c(=O)c(O)c1C2=O.F. The van der Waals surface area contributed by atoms with Crippen molar-refractivity contribution in [1.82, 2.24) is 14.9 Å². The molecule has 2 amide bonds. The summed E-state index contributed by atoms with van der Waals surface area (Å²) in [6.07, 6.45) is 2.78. The lowest BCUT2D eigenvalue weighted by atomic mass is 10.1. The van der Waals surface area contributed by atoms with Crippen LogP contribution in [0.25, 0.3) is 0 Å². The van der Waals surface area contributed by atoms with Gasteiger partial charge in [0.1, 0.15) is 23.9 Å². The van der Waals surface area contributed by atoms with E-state index in [2.05, 4.69) is 5.32 Å². The van der Waals surface area contributed by atoms with E-state index in [4.69, 9.17) is 0 Å². The maximum Gasteiger partial charge on any atom is 0.278 e. The van der Waals surface area contributed by atoms with Gasteiger partial charge in [-0.2, -0.15) is 0 Å². The van der Waals surface area contributed by atoms with E-state index in [1.807, 2.05) is 18.9 Å². The second-order valence-corrected chi connectivity index (χ2v) is 7.96. The lowest BCUT2D eigenvalue weighted by Crippen LogP contribution is -2.57. The van der Waals surface area contributed by atoms with Gasteiger partial charge in [0.25, 0.3) is 11.8 Å². The highest BCUT2D eigenvalue weighted by molar-refractivity contribution is 5.99. The van der Waals surface area contributed by atoms with E-state index in [1.54, 1.807) is 4.90 Å². The number of carbonyl (C=O) groups is 2. The monoisotopic (exact) mass is 452 g/mol. The number of halogens is 3. The minimum Gasteiger partial charge on any atom is -0.502 e. The Hall–Kier alpha value is -3.50. The minimum atomic E-state index is -0.988. The summed E-state index contributed by atoms with van der Waals surface area (Å²) >= 11 is 0. The molecular formula is C21H23F3N4O4. The van der Waals surface area contributed by atoms with Gasteiger partial charge in [0.15, 0.2) is 11.4 Å². The zero-order valence-electron chi connectivity index (χ0n) is 17.5. The molecule has 2 atom stereocenters. The van der Waals surface area contributed by atoms with Gasteiger partial charge in [0.2, 0.25) is 5.43 Å². The lowest BCUT2D eigenvalue weighted by Gasteiger charge is -2.41. The molecule has 1 saturated heterocycles. The Balaban J connectivity index is 0.00000289. The number of fused-ring (bicyclic) bond motifs is 4. The molecule has 1 fully saturated rings. The van der Waals surface area contributed by atoms with Crippen LogP contribution in [0.4, 0.5) is 13.5 Å². The van der Waals surface area contributed by atoms with Crippen molar-refractivity contribution in [2.45, 2.75) is 45.3 Å². The van der Waals surface area contributed by atoms with Crippen molar-refractivity contribution in [2.75, 3.05) is 11.7 Å².